The van der Waals surface area contributed by atoms with Gasteiger partial charge in [-0.2, -0.15) is 0 Å². The predicted octanol–water partition coefficient (Wildman–Crippen LogP) is 2.67. The number of nitrogens with two attached hydrogens (primary N) is 1. The fraction of sp³-hybridized carbons (Fsp3) is 0.429. The zero-order valence-corrected chi connectivity index (χ0v) is 17.0. The molecule has 29 heavy (non-hydrogen) atoms. The highest BCUT2D eigenvalue weighted by atomic mass is 16.5. The van der Waals surface area contributed by atoms with Gasteiger partial charge < -0.3 is 20.7 Å². The Hall–Kier alpha value is -3.00. The number of aromatic nitrogens is 2. The summed E-state index contributed by atoms with van der Waals surface area (Å²) in [5, 5.41) is 2.72. The molecule has 2 aromatic rings. The van der Waals surface area contributed by atoms with Gasteiger partial charge in [-0.1, -0.05) is 0 Å². The SMILES string of the molecule is CC(=O)Nc1ccc(Oc2nccnc2[C@@H]2CCCN(C(=O)C(C)(C)N)C2)cc1. The lowest BCUT2D eigenvalue weighted by Crippen LogP contribution is -2.53. The van der Waals surface area contributed by atoms with Crippen LogP contribution in [0, 0.1) is 0 Å². The molecule has 1 fully saturated rings. The van der Waals surface area contributed by atoms with Gasteiger partial charge in [0.15, 0.2) is 0 Å². The van der Waals surface area contributed by atoms with Gasteiger partial charge in [0.25, 0.3) is 0 Å². The van der Waals surface area contributed by atoms with E-state index in [2.05, 4.69) is 15.3 Å². The molecule has 2 heterocycles. The first-order chi connectivity index (χ1) is 13.7. The van der Waals surface area contributed by atoms with Crippen molar-refractivity contribution in [2.24, 2.45) is 5.73 Å². The molecular weight excluding hydrogens is 370 g/mol. The van der Waals surface area contributed by atoms with Crippen LogP contribution in [0.1, 0.15) is 45.2 Å². The number of nitrogens with one attached hydrogen (secondary N) is 1. The number of ether oxygens (including phenoxy) is 1. The summed E-state index contributed by atoms with van der Waals surface area (Å²) in [5.41, 5.74) is 6.51. The van der Waals surface area contributed by atoms with E-state index in [4.69, 9.17) is 10.5 Å². The summed E-state index contributed by atoms with van der Waals surface area (Å²) in [5.74, 6) is 0.838. The molecule has 154 valence electrons. The molecule has 0 saturated carbocycles. The summed E-state index contributed by atoms with van der Waals surface area (Å²) in [6, 6.07) is 7.04. The molecule has 3 rings (SSSR count). The number of carbonyl (C=O) groups is 2. The number of amides is 2. The van der Waals surface area contributed by atoms with Gasteiger partial charge in [0.05, 0.1) is 5.54 Å². The number of carbonyl (C=O) groups excluding carboxylic acids is 2. The van der Waals surface area contributed by atoms with Gasteiger partial charge in [-0.15, -0.1) is 0 Å². The number of benzene rings is 1. The highest BCUT2D eigenvalue weighted by Crippen LogP contribution is 2.33. The minimum Gasteiger partial charge on any atom is -0.437 e. The van der Waals surface area contributed by atoms with E-state index in [1.165, 1.54) is 6.92 Å². The molecule has 1 atom stereocenters. The van der Waals surface area contributed by atoms with E-state index in [0.717, 1.165) is 18.5 Å². The number of hydrogen-bond acceptors (Lipinski definition) is 6. The summed E-state index contributed by atoms with van der Waals surface area (Å²) >= 11 is 0. The van der Waals surface area contributed by atoms with Crippen molar-refractivity contribution >= 4 is 17.5 Å². The second-order valence-electron chi connectivity index (χ2n) is 7.87. The lowest BCUT2D eigenvalue weighted by atomic mass is 9.93. The molecule has 0 bridgehead atoms. The number of piperidine rings is 1. The monoisotopic (exact) mass is 397 g/mol. The van der Waals surface area contributed by atoms with Crippen LogP contribution in [0.4, 0.5) is 5.69 Å². The van der Waals surface area contributed by atoms with E-state index >= 15 is 0 Å². The largest absolute Gasteiger partial charge is 0.437 e. The Kier molecular flexibility index (Phi) is 6.12. The molecule has 0 spiro atoms. The Labute approximate surface area is 170 Å². The summed E-state index contributed by atoms with van der Waals surface area (Å²) in [7, 11) is 0. The van der Waals surface area contributed by atoms with Crippen molar-refractivity contribution in [2.45, 2.75) is 45.1 Å². The van der Waals surface area contributed by atoms with Gasteiger partial charge in [0.2, 0.25) is 17.7 Å². The number of hydrogen-bond donors (Lipinski definition) is 2. The van der Waals surface area contributed by atoms with E-state index in [9.17, 15) is 9.59 Å². The van der Waals surface area contributed by atoms with Crippen molar-refractivity contribution in [3.8, 4) is 11.6 Å². The average Bonchev–Trinajstić information content (AvgIpc) is 2.68. The lowest BCUT2D eigenvalue weighted by Gasteiger charge is -2.36. The highest BCUT2D eigenvalue weighted by molar-refractivity contribution is 5.88. The van der Waals surface area contributed by atoms with Crippen LogP contribution in [0.25, 0.3) is 0 Å². The van der Waals surface area contributed by atoms with Gasteiger partial charge in [-0.25, -0.2) is 4.98 Å². The fourth-order valence-electron chi connectivity index (χ4n) is 3.41. The Morgan fingerprint density at radius 1 is 1.21 bits per heavy atom. The van der Waals surface area contributed by atoms with Crippen LogP contribution >= 0.6 is 0 Å². The van der Waals surface area contributed by atoms with Crippen molar-refractivity contribution in [3.63, 3.8) is 0 Å². The Morgan fingerprint density at radius 3 is 2.55 bits per heavy atom. The molecule has 0 aliphatic carbocycles. The van der Waals surface area contributed by atoms with Crippen molar-refractivity contribution in [1.82, 2.24) is 14.9 Å². The van der Waals surface area contributed by atoms with Gasteiger partial charge in [-0.05, 0) is 51.0 Å². The van der Waals surface area contributed by atoms with Crippen molar-refractivity contribution in [2.75, 3.05) is 18.4 Å². The molecule has 1 aromatic carbocycles. The first kappa shape index (κ1) is 20.7. The number of rotatable bonds is 5. The third kappa shape index (κ3) is 5.29. The van der Waals surface area contributed by atoms with Crippen LogP contribution in [-0.2, 0) is 9.59 Å². The minimum atomic E-state index is -0.904. The van der Waals surface area contributed by atoms with Crippen LogP contribution in [0.5, 0.6) is 11.6 Å². The minimum absolute atomic E-state index is 0.0254. The van der Waals surface area contributed by atoms with Crippen molar-refractivity contribution in [1.29, 1.82) is 0 Å². The summed E-state index contributed by atoms with van der Waals surface area (Å²) in [6.07, 6.45) is 4.98. The molecular formula is C21H27N5O3. The molecule has 1 aromatic heterocycles. The lowest BCUT2D eigenvalue weighted by molar-refractivity contribution is -0.137. The van der Waals surface area contributed by atoms with Crippen LogP contribution in [0.3, 0.4) is 0 Å². The molecule has 8 heteroatoms. The smallest absolute Gasteiger partial charge is 0.242 e. The maximum atomic E-state index is 12.6. The number of nitrogens with zero attached hydrogens (tertiary/aromatic N) is 3. The summed E-state index contributed by atoms with van der Waals surface area (Å²) in [6.45, 7) is 6.13. The summed E-state index contributed by atoms with van der Waals surface area (Å²) in [4.78, 5) is 34.4. The Balaban J connectivity index is 1.76. The van der Waals surface area contributed by atoms with E-state index in [1.807, 2.05) is 0 Å². The first-order valence-electron chi connectivity index (χ1n) is 9.68. The van der Waals surface area contributed by atoms with Crippen LogP contribution < -0.4 is 15.8 Å². The third-order valence-corrected chi connectivity index (χ3v) is 4.73. The first-order valence-corrected chi connectivity index (χ1v) is 9.68. The van der Waals surface area contributed by atoms with Crippen LogP contribution in [-0.4, -0.2) is 45.3 Å². The molecule has 0 unspecified atom stereocenters. The predicted molar refractivity (Wildman–Crippen MR) is 110 cm³/mol. The zero-order chi connectivity index (χ0) is 21.0. The zero-order valence-electron chi connectivity index (χ0n) is 17.0. The van der Waals surface area contributed by atoms with E-state index in [1.54, 1.807) is 55.4 Å². The Bertz CT molecular complexity index is 877. The van der Waals surface area contributed by atoms with Crippen LogP contribution in [0.2, 0.25) is 0 Å². The molecule has 1 aliphatic heterocycles. The molecule has 0 radical (unpaired) electrons. The molecule has 1 aliphatic rings. The maximum Gasteiger partial charge on any atom is 0.242 e. The van der Waals surface area contributed by atoms with E-state index < -0.39 is 5.54 Å². The second kappa shape index (κ2) is 8.57. The van der Waals surface area contributed by atoms with Crippen LogP contribution in [0.15, 0.2) is 36.7 Å². The van der Waals surface area contributed by atoms with Gasteiger partial charge >= 0.3 is 0 Å². The highest BCUT2D eigenvalue weighted by Gasteiger charge is 2.33. The second-order valence-corrected chi connectivity index (χ2v) is 7.87. The molecule has 8 nitrogen and oxygen atoms in total. The van der Waals surface area contributed by atoms with Crippen molar-refractivity contribution < 1.29 is 14.3 Å². The number of likely N-dealkylation sites (tertiary alicyclic amines) is 1. The van der Waals surface area contributed by atoms with E-state index in [0.29, 0.717) is 30.4 Å². The van der Waals surface area contributed by atoms with Gasteiger partial charge in [-0.3, -0.25) is 14.6 Å². The molecule has 3 N–H and O–H groups in total. The molecule has 1 saturated heterocycles. The van der Waals surface area contributed by atoms with E-state index in [-0.39, 0.29) is 17.7 Å². The normalized spacial score (nSPS) is 17.0. The standard InChI is InChI=1S/C21H27N5O3/c1-14(27)25-16-6-8-17(9-7-16)29-19-18(23-10-11-24-19)15-5-4-12-26(13-15)20(28)21(2,3)22/h6-11,15H,4-5,12-13,22H2,1-3H3,(H,25,27)/t15-/m1/s1. The Morgan fingerprint density at radius 2 is 1.90 bits per heavy atom. The van der Waals surface area contributed by atoms with Gasteiger partial charge in [0.1, 0.15) is 11.4 Å². The average molecular weight is 397 g/mol. The maximum absolute atomic E-state index is 12.6. The fourth-order valence-corrected chi connectivity index (χ4v) is 3.41. The third-order valence-electron chi connectivity index (χ3n) is 4.73. The quantitative estimate of drug-likeness (QED) is 0.802. The van der Waals surface area contributed by atoms with Gasteiger partial charge in [0, 0.05) is 44.0 Å². The van der Waals surface area contributed by atoms with Crippen molar-refractivity contribution in [3.05, 3.63) is 42.4 Å². The number of anilines is 1. The molecule has 2 amide bonds. The topological polar surface area (TPSA) is 110 Å². The summed E-state index contributed by atoms with van der Waals surface area (Å²) < 4.78 is 5.97.